The van der Waals surface area contributed by atoms with E-state index in [1.165, 1.54) is 6.20 Å². The summed E-state index contributed by atoms with van der Waals surface area (Å²) < 4.78 is 40.4. The lowest BCUT2D eigenvalue weighted by atomic mass is 10.1. The zero-order valence-electron chi connectivity index (χ0n) is 30.1. The van der Waals surface area contributed by atoms with Gasteiger partial charge in [-0.25, -0.2) is 23.5 Å². The number of nitrogens with zero attached hydrogens (tertiary/aromatic N) is 11. The molecule has 3 aromatic rings. The fourth-order valence-electron chi connectivity index (χ4n) is 5.81. The van der Waals surface area contributed by atoms with E-state index < -0.39 is 17.7 Å². The molecule has 0 bridgehead atoms. The van der Waals surface area contributed by atoms with Crippen molar-refractivity contribution in [3.8, 4) is 11.4 Å². The second-order valence-corrected chi connectivity index (χ2v) is 13.7. The molecule has 5 heterocycles. The first-order valence-corrected chi connectivity index (χ1v) is 17.8. The van der Waals surface area contributed by atoms with Crippen molar-refractivity contribution in [2.75, 3.05) is 74.6 Å². The number of halogens is 2. The maximum Gasteiger partial charge on any atom is 0.407 e. The molecule has 3 aromatic heterocycles. The summed E-state index contributed by atoms with van der Waals surface area (Å²) in [7, 11) is 0. The minimum atomic E-state index is -2.91. The van der Waals surface area contributed by atoms with Crippen LogP contribution in [0.5, 0.6) is 0 Å². The van der Waals surface area contributed by atoms with E-state index in [4.69, 9.17) is 15.2 Å². The molecule has 0 spiro atoms. The summed E-state index contributed by atoms with van der Waals surface area (Å²) in [4.78, 5) is 51.9. The van der Waals surface area contributed by atoms with Crippen LogP contribution in [-0.2, 0) is 27.2 Å². The van der Waals surface area contributed by atoms with Gasteiger partial charge >= 0.3 is 6.09 Å². The predicted molar refractivity (Wildman–Crippen MR) is 188 cm³/mol. The van der Waals surface area contributed by atoms with Crippen LogP contribution < -0.4 is 20.9 Å². The van der Waals surface area contributed by atoms with Gasteiger partial charge in [0.25, 0.3) is 6.43 Å². The molecule has 52 heavy (non-hydrogen) atoms. The molecule has 5 rings (SSSR count). The maximum atomic E-state index is 13.9. The summed E-state index contributed by atoms with van der Waals surface area (Å²) in [5.74, 6) is 0.441. The largest absolute Gasteiger partial charge is 0.444 e. The summed E-state index contributed by atoms with van der Waals surface area (Å²) in [5, 5.41) is 11.3. The van der Waals surface area contributed by atoms with Gasteiger partial charge in [0.2, 0.25) is 23.8 Å². The molecule has 2 saturated heterocycles. The number of piperazine rings is 1. The molecular formula is C33H49F2N13O4. The Kier molecular flexibility index (Phi) is 13.4. The Labute approximate surface area is 301 Å². The SMILES string of the molecule is CC(C)(C)OC(=O)NCCCCCCCn1cc(CCC(=O)N2CCN(c3nc(-c4cnc(N)nc4C(F)F)nc(N4CCOCC4)n3)CC2)nn1. The summed E-state index contributed by atoms with van der Waals surface area (Å²) in [6.45, 7) is 10.7. The number of carbonyl (C=O) groups excluding carboxylic acids is 2. The van der Waals surface area contributed by atoms with Crippen LogP contribution in [0.15, 0.2) is 12.4 Å². The van der Waals surface area contributed by atoms with Gasteiger partial charge in [-0.2, -0.15) is 15.0 Å². The fraction of sp³-hybridized carbons (Fsp3) is 0.667. The van der Waals surface area contributed by atoms with E-state index in [0.29, 0.717) is 83.8 Å². The fourth-order valence-corrected chi connectivity index (χ4v) is 5.81. The van der Waals surface area contributed by atoms with Crippen LogP contribution in [-0.4, -0.2) is 121 Å². The molecule has 0 atom stereocenters. The second-order valence-electron chi connectivity index (χ2n) is 13.7. The molecular weight excluding hydrogens is 680 g/mol. The smallest absolute Gasteiger partial charge is 0.407 e. The number of carbonyl (C=O) groups is 2. The Balaban J connectivity index is 1.07. The zero-order valence-corrected chi connectivity index (χ0v) is 30.1. The number of unbranched alkanes of at least 4 members (excludes halogenated alkanes) is 4. The molecule has 2 amide bonds. The van der Waals surface area contributed by atoms with Crippen LogP contribution >= 0.6 is 0 Å². The van der Waals surface area contributed by atoms with Crippen molar-refractivity contribution >= 4 is 29.8 Å². The van der Waals surface area contributed by atoms with Gasteiger partial charge in [-0.05, 0) is 33.6 Å². The molecule has 3 N–H and O–H groups in total. The van der Waals surface area contributed by atoms with Crippen LogP contribution in [0.3, 0.4) is 0 Å². The van der Waals surface area contributed by atoms with Crippen LogP contribution in [0.4, 0.5) is 31.4 Å². The van der Waals surface area contributed by atoms with Gasteiger partial charge in [-0.3, -0.25) is 9.48 Å². The van der Waals surface area contributed by atoms with Gasteiger partial charge in [0, 0.05) is 77.6 Å². The number of hydrogen-bond acceptors (Lipinski definition) is 14. The van der Waals surface area contributed by atoms with Crippen molar-refractivity contribution in [1.82, 2.24) is 50.1 Å². The Morgan fingerprint density at radius 3 is 2.31 bits per heavy atom. The Bertz CT molecular complexity index is 1620. The quantitative estimate of drug-likeness (QED) is 0.217. The first-order chi connectivity index (χ1) is 24.9. The topological polar surface area (TPSA) is 196 Å². The van der Waals surface area contributed by atoms with Crippen molar-refractivity contribution in [3.05, 3.63) is 23.8 Å². The van der Waals surface area contributed by atoms with Gasteiger partial charge in [-0.15, -0.1) is 5.10 Å². The number of rotatable bonds is 15. The lowest BCUT2D eigenvalue weighted by molar-refractivity contribution is -0.131. The van der Waals surface area contributed by atoms with E-state index in [9.17, 15) is 18.4 Å². The maximum absolute atomic E-state index is 13.9. The van der Waals surface area contributed by atoms with Crippen molar-refractivity contribution in [1.29, 1.82) is 0 Å². The molecule has 0 saturated carbocycles. The van der Waals surface area contributed by atoms with Crippen molar-refractivity contribution in [3.63, 3.8) is 0 Å². The normalized spacial score (nSPS) is 15.3. The molecule has 0 radical (unpaired) electrons. The van der Waals surface area contributed by atoms with E-state index in [-0.39, 0.29) is 29.3 Å². The minimum Gasteiger partial charge on any atom is -0.444 e. The van der Waals surface area contributed by atoms with E-state index in [1.807, 2.05) is 41.4 Å². The lowest BCUT2D eigenvalue weighted by Gasteiger charge is -2.35. The van der Waals surface area contributed by atoms with Crippen LogP contribution in [0.1, 0.15) is 77.1 Å². The highest BCUT2D eigenvalue weighted by Crippen LogP contribution is 2.30. The zero-order chi connectivity index (χ0) is 37.1. The molecule has 0 aliphatic carbocycles. The number of amides is 2. The summed E-state index contributed by atoms with van der Waals surface area (Å²) in [5.41, 5.74) is 5.30. The molecule has 2 fully saturated rings. The van der Waals surface area contributed by atoms with Crippen molar-refractivity contribution < 1.29 is 27.8 Å². The highest BCUT2D eigenvalue weighted by atomic mass is 19.3. The number of anilines is 3. The third kappa shape index (κ3) is 11.3. The highest BCUT2D eigenvalue weighted by molar-refractivity contribution is 5.76. The molecule has 0 unspecified atom stereocenters. The van der Waals surface area contributed by atoms with Crippen molar-refractivity contribution in [2.45, 2.75) is 84.3 Å². The molecule has 0 aromatic carbocycles. The molecule has 284 valence electrons. The number of nitrogens with one attached hydrogen (secondary N) is 1. The molecule has 2 aliphatic rings. The standard InChI is InChI=1S/C33H49F2N13O4/c1-33(2,3)52-32(50)37-11-7-5-4-6-8-12-48-22-23(43-44-48)9-10-25(49)45-13-15-46(16-14-45)30-40-28(24-21-38-29(36)39-26(24)27(34)35)41-31(42-30)47-17-19-51-20-18-47/h21-22,27H,4-20H2,1-3H3,(H,37,50)(H2,36,38,39). The number of aromatic nitrogens is 8. The summed E-state index contributed by atoms with van der Waals surface area (Å²) in [6, 6.07) is 0. The second kappa shape index (κ2) is 18.1. The first-order valence-electron chi connectivity index (χ1n) is 17.8. The van der Waals surface area contributed by atoms with Gasteiger partial charge in [0.15, 0.2) is 5.82 Å². The third-order valence-electron chi connectivity index (χ3n) is 8.52. The predicted octanol–water partition coefficient (Wildman–Crippen LogP) is 3.03. The van der Waals surface area contributed by atoms with Crippen molar-refractivity contribution in [2.24, 2.45) is 0 Å². The van der Waals surface area contributed by atoms with E-state index in [0.717, 1.165) is 44.3 Å². The van der Waals surface area contributed by atoms with E-state index in [2.05, 4.69) is 40.5 Å². The summed E-state index contributed by atoms with van der Waals surface area (Å²) in [6.07, 6.45) is 5.58. The highest BCUT2D eigenvalue weighted by Gasteiger charge is 2.27. The monoisotopic (exact) mass is 729 g/mol. The van der Waals surface area contributed by atoms with Gasteiger partial charge in [-0.1, -0.05) is 24.5 Å². The number of nitrogen functional groups attached to an aromatic ring is 1. The van der Waals surface area contributed by atoms with Gasteiger partial charge < -0.3 is 35.2 Å². The van der Waals surface area contributed by atoms with Gasteiger partial charge in [0.05, 0.1) is 24.5 Å². The Morgan fingerprint density at radius 2 is 1.62 bits per heavy atom. The Hall–Kier alpha value is -4.81. The lowest BCUT2D eigenvalue weighted by Crippen LogP contribution is -2.49. The van der Waals surface area contributed by atoms with Crippen LogP contribution in [0, 0.1) is 0 Å². The number of morpholine rings is 1. The number of alkyl carbamates (subject to hydrolysis) is 1. The number of aryl methyl sites for hydroxylation is 2. The molecule has 19 heteroatoms. The van der Waals surface area contributed by atoms with E-state index in [1.54, 1.807) is 4.90 Å². The number of nitrogens with two attached hydrogens (primary N) is 1. The first kappa shape index (κ1) is 38.4. The van der Waals surface area contributed by atoms with E-state index >= 15 is 0 Å². The average Bonchev–Trinajstić information content (AvgIpc) is 3.58. The minimum absolute atomic E-state index is 0.0151. The number of ether oxygens (including phenoxy) is 2. The van der Waals surface area contributed by atoms with Crippen LogP contribution in [0.25, 0.3) is 11.4 Å². The number of hydrogen-bond donors (Lipinski definition) is 2. The van der Waals surface area contributed by atoms with Gasteiger partial charge in [0.1, 0.15) is 11.3 Å². The average molecular weight is 730 g/mol. The Morgan fingerprint density at radius 1 is 0.942 bits per heavy atom. The summed E-state index contributed by atoms with van der Waals surface area (Å²) >= 11 is 0. The van der Waals surface area contributed by atoms with Crippen LogP contribution in [0.2, 0.25) is 0 Å². The molecule has 17 nitrogen and oxygen atoms in total. The third-order valence-corrected chi connectivity index (χ3v) is 8.52. The number of alkyl halides is 2. The molecule has 2 aliphatic heterocycles.